The average Bonchev–Trinajstić information content (AvgIpc) is 2.45. The Labute approximate surface area is 97.7 Å². The predicted octanol–water partition coefficient (Wildman–Crippen LogP) is 2.43. The van der Waals surface area contributed by atoms with E-state index in [2.05, 4.69) is 0 Å². The molecule has 1 aromatic carbocycles. The van der Waals surface area contributed by atoms with Crippen molar-refractivity contribution in [1.29, 1.82) is 0 Å². The van der Waals surface area contributed by atoms with Gasteiger partial charge in [0.2, 0.25) is 0 Å². The highest BCUT2D eigenvalue weighted by Gasteiger charge is 2.34. The van der Waals surface area contributed by atoms with Crippen LogP contribution >= 0.6 is 11.6 Å². The molecule has 1 aromatic rings. The summed E-state index contributed by atoms with van der Waals surface area (Å²) in [7, 11) is 0. The SMILES string of the molecule is CC(=O)O[C@H]1c2cc(Cl)c(O)cc2OC1C. The Morgan fingerprint density at radius 1 is 1.56 bits per heavy atom. The second-order valence-electron chi connectivity index (χ2n) is 3.69. The first-order valence-electron chi connectivity index (χ1n) is 4.85. The summed E-state index contributed by atoms with van der Waals surface area (Å²) in [4.78, 5) is 10.9. The van der Waals surface area contributed by atoms with Crippen LogP contribution in [-0.4, -0.2) is 17.2 Å². The van der Waals surface area contributed by atoms with Gasteiger partial charge in [-0.25, -0.2) is 0 Å². The molecule has 0 bridgehead atoms. The molecule has 0 amide bonds. The summed E-state index contributed by atoms with van der Waals surface area (Å²) in [5, 5.41) is 9.63. The molecular formula is C11H11ClO4. The molecule has 0 aliphatic carbocycles. The first-order chi connectivity index (χ1) is 7.49. The van der Waals surface area contributed by atoms with Crippen molar-refractivity contribution in [2.45, 2.75) is 26.1 Å². The van der Waals surface area contributed by atoms with Crippen LogP contribution in [-0.2, 0) is 9.53 Å². The Morgan fingerprint density at radius 2 is 2.25 bits per heavy atom. The third kappa shape index (κ3) is 1.80. The van der Waals surface area contributed by atoms with Crippen LogP contribution in [0.2, 0.25) is 5.02 Å². The van der Waals surface area contributed by atoms with E-state index >= 15 is 0 Å². The number of hydrogen-bond acceptors (Lipinski definition) is 4. The molecule has 2 rings (SSSR count). The van der Waals surface area contributed by atoms with Crippen molar-refractivity contribution in [2.24, 2.45) is 0 Å². The summed E-state index contributed by atoms with van der Waals surface area (Å²) < 4.78 is 10.6. The van der Waals surface area contributed by atoms with Gasteiger partial charge in [0.05, 0.1) is 5.02 Å². The third-order valence-electron chi connectivity index (χ3n) is 2.42. The maximum Gasteiger partial charge on any atom is 0.303 e. The minimum absolute atomic E-state index is 0.0453. The number of benzene rings is 1. The molecule has 1 unspecified atom stereocenters. The molecule has 0 saturated heterocycles. The number of carbonyl (C=O) groups excluding carboxylic acids is 1. The summed E-state index contributed by atoms with van der Waals surface area (Å²) in [6.45, 7) is 3.13. The number of carbonyl (C=O) groups is 1. The minimum Gasteiger partial charge on any atom is -0.506 e. The van der Waals surface area contributed by atoms with Gasteiger partial charge in [-0.15, -0.1) is 0 Å². The van der Waals surface area contributed by atoms with Crippen LogP contribution in [0, 0.1) is 0 Å². The van der Waals surface area contributed by atoms with E-state index in [1.165, 1.54) is 13.0 Å². The topological polar surface area (TPSA) is 55.8 Å². The van der Waals surface area contributed by atoms with Crippen LogP contribution < -0.4 is 4.74 Å². The number of ether oxygens (including phenoxy) is 2. The highest BCUT2D eigenvalue weighted by Crippen LogP contribution is 2.43. The molecule has 1 aliphatic heterocycles. The van der Waals surface area contributed by atoms with Gasteiger partial charge in [-0.2, -0.15) is 0 Å². The monoisotopic (exact) mass is 242 g/mol. The van der Waals surface area contributed by atoms with E-state index < -0.39 is 6.10 Å². The van der Waals surface area contributed by atoms with E-state index in [4.69, 9.17) is 21.1 Å². The van der Waals surface area contributed by atoms with Crippen molar-refractivity contribution < 1.29 is 19.4 Å². The van der Waals surface area contributed by atoms with Gasteiger partial charge in [0, 0.05) is 18.6 Å². The van der Waals surface area contributed by atoms with E-state index in [1.807, 2.05) is 0 Å². The van der Waals surface area contributed by atoms with Gasteiger partial charge in [-0.3, -0.25) is 4.79 Å². The molecule has 4 nitrogen and oxygen atoms in total. The Bertz CT molecular complexity index is 444. The average molecular weight is 243 g/mol. The number of phenolic OH excluding ortho intramolecular Hbond substituents is 1. The largest absolute Gasteiger partial charge is 0.506 e. The minimum atomic E-state index is -0.467. The number of rotatable bonds is 1. The molecule has 1 aliphatic rings. The molecule has 2 atom stereocenters. The smallest absolute Gasteiger partial charge is 0.303 e. The molecule has 0 aromatic heterocycles. The standard InChI is InChI=1S/C11H11ClO4/c1-5-11(16-6(2)13)7-3-8(12)9(14)4-10(7)15-5/h3-5,11,14H,1-2H3/t5?,11-/m1/s1. The Kier molecular flexibility index (Phi) is 2.68. The maximum absolute atomic E-state index is 10.9. The highest BCUT2D eigenvalue weighted by atomic mass is 35.5. The summed E-state index contributed by atoms with van der Waals surface area (Å²) in [5.41, 5.74) is 0.686. The second-order valence-corrected chi connectivity index (χ2v) is 4.10. The molecule has 16 heavy (non-hydrogen) atoms. The van der Waals surface area contributed by atoms with Crippen LogP contribution in [0.1, 0.15) is 25.5 Å². The normalized spacial score (nSPS) is 22.4. The summed E-state index contributed by atoms with van der Waals surface area (Å²) >= 11 is 5.80. The van der Waals surface area contributed by atoms with Gasteiger partial charge in [0.1, 0.15) is 17.6 Å². The van der Waals surface area contributed by atoms with Gasteiger partial charge in [0.25, 0.3) is 0 Å². The molecule has 0 radical (unpaired) electrons. The number of halogens is 1. The summed E-state index contributed by atoms with van der Waals surface area (Å²) in [6, 6.07) is 2.99. The molecule has 0 spiro atoms. The summed E-state index contributed by atoms with van der Waals surface area (Å²) in [6.07, 6.45) is -0.748. The lowest BCUT2D eigenvalue weighted by molar-refractivity contribution is -0.149. The molecular weight excluding hydrogens is 232 g/mol. The zero-order chi connectivity index (χ0) is 11.9. The third-order valence-corrected chi connectivity index (χ3v) is 2.72. The molecule has 86 valence electrons. The maximum atomic E-state index is 10.9. The predicted molar refractivity (Wildman–Crippen MR) is 57.7 cm³/mol. The first kappa shape index (κ1) is 11.1. The van der Waals surface area contributed by atoms with E-state index in [0.717, 1.165) is 0 Å². The lowest BCUT2D eigenvalue weighted by Crippen LogP contribution is -2.18. The van der Waals surface area contributed by atoms with Crippen molar-refractivity contribution in [3.8, 4) is 11.5 Å². The second kappa shape index (κ2) is 3.87. The Morgan fingerprint density at radius 3 is 2.88 bits per heavy atom. The van der Waals surface area contributed by atoms with Crippen LogP contribution in [0.3, 0.4) is 0 Å². The lowest BCUT2D eigenvalue weighted by Gasteiger charge is -2.14. The van der Waals surface area contributed by atoms with Gasteiger partial charge >= 0.3 is 5.97 Å². The van der Waals surface area contributed by atoms with Gasteiger partial charge in [-0.1, -0.05) is 11.6 Å². The van der Waals surface area contributed by atoms with E-state index in [0.29, 0.717) is 11.3 Å². The zero-order valence-electron chi connectivity index (χ0n) is 8.86. The van der Waals surface area contributed by atoms with E-state index in [1.54, 1.807) is 13.0 Å². The number of esters is 1. The van der Waals surface area contributed by atoms with Gasteiger partial charge < -0.3 is 14.6 Å². The summed E-state index contributed by atoms with van der Waals surface area (Å²) in [5.74, 6) is 0.0780. The fraction of sp³-hybridized carbons (Fsp3) is 0.364. The molecule has 1 N–H and O–H groups in total. The van der Waals surface area contributed by atoms with Gasteiger partial charge in [0.15, 0.2) is 6.10 Å². The van der Waals surface area contributed by atoms with E-state index in [9.17, 15) is 9.90 Å². The van der Waals surface area contributed by atoms with Crippen molar-refractivity contribution in [3.63, 3.8) is 0 Å². The zero-order valence-corrected chi connectivity index (χ0v) is 9.62. The lowest BCUT2D eigenvalue weighted by atomic mass is 10.1. The van der Waals surface area contributed by atoms with Gasteiger partial charge in [-0.05, 0) is 13.0 Å². The van der Waals surface area contributed by atoms with Crippen LogP contribution in [0.4, 0.5) is 0 Å². The molecule has 1 heterocycles. The number of fused-ring (bicyclic) bond motifs is 1. The van der Waals surface area contributed by atoms with Crippen LogP contribution in [0.5, 0.6) is 11.5 Å². The quantitative estimate of drug-likeness (QED) is 0.769. The van der Waals surface area contributed by atoms with E-state index in [-0.39, 0.29) is 22.8 Å². The fourth-order valence-corrected chi connectivity index (χ4v) is 1.91. The molecule has 0 fully saturated rings. The number of aromatic hydroxyl groups is 1. The Hall–Kier alpha value is -1.42. The highest BCUT2D eigenvalue weighted by molar-refractivity contribution is 6.32. The number of phenols is 1. The fourth-order valence-electron chi connectivity index (χ4n) is 1.74. The van der Waals surface area contributed by atoms with Crippen LogP contribution in [0.25, 0.3) is 0 Å². The van der Waals surface area contributed by atoms with Crippen molar-refractivity contribution in [3.05, 3.63) is 22.7 Å². The first-order valence-corrected chi connectivity index (χ1v) is 5.23. The number of hydrogen-bond donors (Lipinski definition) is 1. The van der Waals surface area contributed by atoms with Crippen LogP contribution in [0.15, 0.2) is 12.1 Å². The van der Waals surface area contributed by atoms with Crippen molar-refractivity contribution in [1.82, 2.24) is 0 Å². The van der Waals surface area contributed by atoms with Crippen molar-refractivity contribution in [2.75, 3.05) is 0 Å². The Balaban J connectivity index is 2.40. The molecule has 0 saturated carbocycles. The molecule has 5 heteroatoms. The van der Waals surface area contributed by atoms with Crippen molar-refractivity contribution >= 4 is 17.6 Å².